The molecule has 0 nitrogen and oxygen atoms in total. The first-order valence-corrected chi connectivity index (χ1v) is 5.37. The molecule has 1 heterocycles. The number of fused-ring (bicyclic) bond motifs is 1. The van der Waals surface area contributed by atoms with E-state index in [1.165, 1.54) is 18.3 Å². The Morgan fingerprint density at radius 3 is 2.71 bits per heavy atom. The Labute approximate surface area is 85.2 Å². The first-order chi connectivity index (χ1) is 6.65. The van der Waals surface area contributed by atoms with E-state index in [-0.39, 0.29) is 12.0 Å². The van der Waals surface area contributed by atoms with Crippen molar-refractivity contribution >= 4 is 21.4 Å². The Hall–Kier alpha value is -0.960. The minimum absolute atomic E-state index is 0.145. The summed E-state index contributed by atoms with van der Waals surface area (Å²) in [5.41, 5.74) is 0.167. The number of thiophene rings is 1. The molecule has 0 fully saturated rings. The van der Waals surface area contributed by atoms with E-state index in [0.29, 0.717) is 5.39 Å². The molecule has 0 saturated carbocycles. The summed E-state index contributed by atoms with van der Waals surface area (Å²) >= 11 is 1.38. The fourth-order valence-corrected chi connectivity index (χ4v) is 2.46. The van der Waals surface area contributed by atoms with Crippen molar-refractivity contribution in [2.24, 2.45) is 0 Å². The summed E-state index contributed by atoms with van der Waals surface area (Å²) in [5.74, 6) is -2.69. The van der Waals surface area contributed by atoms with Gasteiger partial charge in [-0.3, -0.25) is 0 Å². The van der Waals surface area contributed by atoms with Crippen LogP contribution in [0.5, 0.6) is 0 Å². The number of rotatable bonds is 2. The van der Waals surface area contributed by atoms with Crippen molar-refractivity contribution in [1.82, 2.24) is 0 Å². The third-order valence-electron chi connectivity index (χ3n) is 2.32. The maximum Gasteiger partial charge on any atom is 0.274 e. The second-order valence-corrected chi connectivity index (χ2v) is 4.11. The van der Waals surface area contributed by atoms with E-state index >= 15 is 0 Å². The normalized spacial score (nSPS) is 12.2. The number of hydrogen-bond donors (Lipinski definition) is 0. The van der Waals surface area contributed by atoms with Gasteiger partial charge >= 0.3 is 0 Å². The lowest BCUT2D eigenvalue weighted by Gasteiger charge is -2.12. The van der Waals surface area contributed by atoms with Gasteiger partial charge in [0.15, 0.2) is 0 Å². The Kier molecular flexibility index (Phi) is 2.27. The van der Waals surface area contributed by atoms with Gasteiger partial charge in [-0.15, -0.1) is 11.3 Å². The molecule has 0 unspecified atom stereocenters. The van der Waals surface area contributed by atoms with Crippen LogP contribution >= 0.6 is 11.3 Å². The van der Waals surface area contributed by atoms with Gasteiger partial charge in [0.25, 0.3) is 5.92 Å². The molecule has 0 aliphatic rings. The molecule has 0 bridgehead atoms. The van der Waals surface area contributed by atoms with E-state index in [1.54, 1.807) is 17.5 Å². The van der Waals surface area contributed by atoms with Crippen LogP contribution in [0.3, 0.4) is 0 Å². The van der Waals surface area contributed by atoms with Crippen LogP contribution < -0.4 is 0 Å². The fraction of sp³-hybridized carbons (Fsp3) is 0.273. The minimum atomic E-state index is -2.69. The molecule has 74 valence electrons. The predicted molar refractivity (Wildman–Crippen MR) is 56.0 cm³/mol. The third-order valence-corrected chi connectivity index (χ3v) is 3.28. The van der Waals surface area contributed by atoms with E-state index in [2.05, 4.69) is 0 Å². The summed E-state index contributed by atoms with van der Waals surface area (Å²) < 4.78 is 27.8. The van der Waals surface area contributed by atoms with Crippen molar-refractivity contribution in [3.63, 3.8) is 0 Å². The van der Waals surface area contributed by atoms with Crippen LogP contribution in [0.2, 0.25) is 0 Å². The standard InChI is InChI=1S/C11H10F2S/c1-2-11(12,13)9-7-14-10-6-4-3-5-8(9)10/h3-7H,2H2,1H3. The molecule has 3 heteroatoms. The molecule has 0 aliphatic heterocycles. The molecule has 14 heavy (non-hydrogen) atoms. The maximum atomic E-state index is 13.5. The number of benzene rings is 1. The molecule has 0 N–H and O–H groups in total. The molecule has 0 spiro atoms. The molecule has 0 aliphatic carbocycles. The van der Waals surface area contributed by atoms with Gasteiger partial charge in [0.05, 0.1) is 0 Å². The number of alkyl halides is 2. The number of halogens is 2. The molecule has 1 aromatic carbocycles. The third kappa shape index (κ3) is 1.42. The van der Waals surface area contributed by atoms with Gasteiger partial charge in [0.2, 0.25) is 0 Å². The van der Waals surface area contributed by atoms with Crippen molar-refractivity contribution in [3.05, 3.63) is 35.2 Å². The highest BCUT2D eigenvalue weighted by Gasteiger charge is 2.31. The van der Waals surface area contributed by atoms with E-state index < -0.39 is 5.92 Å². The van der Waals surface area contributed by atoms with Gasteiger partial charge in [-0.2, -0.15) is 0 Å². The summed E-state index contributed by atoms with van der Waals surface area (Å²) in [6.07, 6.45) is -0.145. The molecule has 0 radical (unpaired) electrons. The minimum Gasteiger partial charge on any atom is -0.201 e. The monoisotopic (exact) mass is 212 g/mol. The molecule has 0 saturated heterocycles. The Morgan fingerprint density at radius 1 is 1.29 bits per heavy atom. The lowest BCUT2D eigenvalue weighted by Crippen LogP contribution is -2.10. The Balaban J connectivity index is 2.64. The van der Waals surface area contributed by atoms with Crippen LogP contribution in [0.4, 0.5) is 8.78 Å². The SMILES string of the molecule is CCC(F)(F)c1csc2ccccc12. The average molecular weight is 212 g/mol. The molecule has 2 rings (SSSR count). The van der Waals surface area contributed by atoms with Crippen LogP contribution in [0.15, 0.2) is 29.6 Å². The van der Waals surface area contributed by atoms with Crippen LogP contribution in [0, 0.1) is 0 Å². The van der Waals surface area contributed by atoms with E-state index in [4.69, 9.17) is 0 Å². The lowest BCUT2D eigenvalue weighted by atomic mass is 10.1. The smallest absolute Gasteiger partial charge is 0.201 e. The second kappa shape index (κ2) is 3.31. The van der Waals surface area contributed by atoms with Crippen molar-refractivity contribution in [3.8, 4) is 0 Å². The maximum absolute atomic E-state index is 13.5. The average Bonchev–Trinajstić information content (AvgIpc) is 2.61. The van der Waals surface area contributed by atoms with E-state index in [1.807, 2.05) is 12.1 Å². The number of hydrogen-bond acceptors (Lipinski definition) is 1. The summed E-state index contributed by atoms with van der Waals surface area (Å²) in [5, 5.41) is 2.25. The summed E-state index contributed by atoms with van der Waals surface area (Å²) in [6.45, 7) is 1.51. The largest absolute Gasteiger partial charge is 0.274 e. The quantitative estimate of drug-likeness (QED) is 0.692. The van der Waals surface area contributed by atoms with Crippen LogP contribution in [0.1, 0.15) is 18.9 Å². The Bertz CT molecular complexity index is 445. The van der Waals surface area contributed by atoms with E-state index in [9.17, 15) is 8.78 Å². The zero-order chi connectivity index (χ0) is 10.2. The highest BCUT2D eigenvalue weighted by atomic mass is 32.1. The van der Waals surface area contributed by atoms with Crippen LogP contribution in [-0.2, 0) is 5.92 Å². The summed E-state index contributed by atoms with van der Waals surface area (Å²) in [4.78, 5) is 0. The highest BCUT2D eigenvalue weighted by molar-refractivity contribution is 7.17. The van der Waals surface area contributed by atoms with Gasteiger partial charge in [-0.25, -0.2) is 8.78 Å². The molecular weight excluding hydrogens is 202 g/mol. The zero-order valence-corrected chi connectivity index (χ0v) is 8.57. The second-order valence-electron chi connectivity index (χ2n) is 3.20. The molecule has 2 aromatic rings. The first-order valence-electron chi connectivity index (χ1n) is 4.49. The van der Waals surface area contributed by atoms with Gasteiger partial charge < -0.3 is 0 Å². The van der Waals surface area contributed by atoms with Crippen molar-refractivity contribution in [2.75, 3.05) is 0 Å². The highest BCUT2D eigenvalue weighted by Crippen LogP contribution is 2.39. The van der Waals surface area contributed by atoms with Gasteiger partial charge in [-0.1, -0.05) is 25.1 Å². The first kappa shape index (κ1) is 9.59. The lowest BCUT2D eigenvalue weighted by molar-refractivity contribution is -0.00636. The van der Waals surface area contributed by atoms with Crippen LogP contribution in [0.25, 0.3) is 10.1 Å². The topological polar surface area (TPSA) is 0 Å². The zero-order valence-electron chi connectivity index (χ0n) is 7.76. The summed E-state index contributed by atoms with van der Waals surface area (Å²) in [7, 11) is 0. The van der Waals surface area contributed by atoms with Crippen molar-refractivity contribution in [2.45, 2.75) is 19.3 Å². The predicted octanol–water partition coefficient (Wildman–Crippen LogP) is 4.40. The van der Waals surface area contributed by atoms with Crippen molar-refractivity contribution < 1.29 is 8.78 Å². The van der Waals surface area contributed by atoms with Gasteiger partial charge in [-0.05, 0) is 6.07 Å². The molecule has 0 atom stereocenters. The molecular formula is C11H10F2S. The molecule has 1 aromatic heterocycles. The Morgan fingerprint density at radius 2 is 2.00 bits per heavy atom. The fourth-order valence-electron chi connectivity index (χ4n) is 1.45. The summed E-state index contributed by atoms with van der Waals surface area (Å²) in [6, 6.07) is 7.29. The van der Waals surface area contributed by atoms with Gasteiger partial charge in [0, 0.05) is 27.5 Å². The van der Waals surface area contributed by atoms with Gasteiger partial charge in [0.1, 0.15) is 0 Å². The van der Waals surface area contributed by atoms with Crippen LogP contribution in [-0.4, -0.2) is 0 Å². The molecule has 0 amide bonds. The van der Waals surface area contributed by atoms with E-state index in [0.717, 1.165) is 4.70 Å². The van der Waals surface area contributed by atoms with Crippen molar-refractivity contribution in [1.29, 1.82) is 0 Å².